The van der Waals surface area contributed by atoms with Crippen molar-refractivity contribution in [2.24, 2.45) is 11.3 Å². The summed E-state index contributed by atoms with van der Waals surface area (Å²) in [6, 6.07) is 0.517. The molecule has 21 heavy (non-hydrogen) atoms. The van der Waals surface area contributed by atoms with E-state index in [0.717, 1.165) is 17.9 Å². The molecule has 2 heterocycles. The summed E-state index contributed by atoms with van der Waals surface area (Å²) in [5, 5.41) is 5.80. The minimum Gasteiger partial charge on any atom is -0.314 e. The molecule has 2 aromatic rings. The van der Waals surface area contributed by atoms with Gasteiger partial charge < -0.3 is 5.32 Å². The van der Waals surface area contributed by atoms with Crippen LogP contribution in [0.1, 0.15) is 53.2 Å². The molecular weight excluding hydrogens is 278 g/mol. The number of thiazole rings is 1. The molecular formula is C17H29N3S. The van der Waals surface area contributed by atoms with Gasteiger partial charge in [-0.05, 0) is 30.7 Å². The Bertz CT molecular complexity index is 521. The van der Waals surface area contributed by atoms with Crippen molar-refractivity contribution in [3.05, 3.63) is 23.5 Å². The second-order valence-electron chi connectivity index (χ2n) is 7.18. The summed E-state index contributed by atoms with van der Waals surface area (Å²) in [6.07, 6.45) is 7.67. The number of nitrogens with zero attached hydrogens (tertiary/aromatic N) is 2. The summed E-state index contributed by atoms with van der Waals surface area (Å²) in [4.78, 5) is 5.83. The van der Waals surface area contributed by atoms with E-state index in [2.05, 4.69) is 62.1 Å². The minimum absolute atomic E-state index is 0.362. The molecule has 2 atom stereocenters. The van der Waals surface area contributed by atoms with Gasteiger partial charge in [0, 0.05) is 30.2 Å². The molecule has 2 aromatic heterocycles. The molecule has 3 nitrogen and oxygen atoms in total. The smallest absolute Gasteiger partial charge is 0.193 e. The van der Waals surface area contributed by atoms with E-state index in [1.807, 2.05) is 0 Å². The van der Waals surface area contributed by atoms with E-state index in [1.165, 1.54) is 18.5 Å². The zero-order valence-electron chi connectivity index (χ0n) is 14.0. The molecule has 0 aliphatic heterocycles. The first-order valence-corrected chi connectivity index (χ1v) is 8.92. The molecule has 2 unspecified atom stereocenters. The van der Waals surface area contributed by atoms with Gasteiger partial charge in [-0.1, -0.05) is 34.6 Å². The van der Waals surface area contributed by atoms with E-state index in [4.69, 9.17) is 4.98 Å². The Hall–Kier alpha value is -0.870. The van der Waals surface area contributed by atoms with Crippen molar-refractivity contribution in [2.45, 2.75) is 59.9 Å². The second-order valence-corrected chi connectivity index (χ2v) is 8.06. The van der Waals surface area contributed by atoms with Crippen LogP contribution < -0.4 is 5.32 Å². The zero-order valence-corrected chi connectivity index (χ0v) is 14.8. The van der Waals surface area contributed by atoms with Crippen molar-refractivity contribution < 1.29 is 0 Å². The first-order valence-electron chi connectivity index (χ1n) is 8.04. The third kappa shape index (κ3) is 4.55. The van der Waals surface area contributed by atoms with E-state index < -0.39 is 0 Å². The monoisotopic (exact) mass is 307 g/mol. The van der Waals surface area contributed by atoms with Crippen LogP contribution in [-0.2, 0) is 6.42 Å². The summed E-state index contributed by atoms with van der Waals surface area (Å²) in [6.45, 7) is 12.7. The number of fused-ring (bicyclic) bond motifs is 1. The number of aromatic nitrogens is 2. The van der Waals surface area contributed by atoms with E-state index in [9.17, 15) is 0 Å². The van der Waals surface area contributed by atoms with Crippen LogP contribution in [0.15, 0.2) is 17.8 Å². The van der Waals surface area contributed by atoms with Crippen molar-refractivity contribution in [3.63, 3.8) is 0 Å². The fraction of sp³-hybridized carbons (Fsp3) is 0.706. The number of nitrogens with one attached hydrogen (secondary N) is 1. The number of hydrogen-bond acceptors (Lipinski definition) is 3. The maximum Gasteiger partial charge on any atom is 0.193 e. The second kappa shape index (κ2) is 6.93. The van der Waals surface area contributed by atoms with Gasteiger partial charge in [0.15, 0.2) is 4.96 Å². The van der Waals surface area contributed by atoms with E-state index in [1.54, 1.807) is 11.3 Å². The normalized spacial score (nSPS) is 15.5. The Morgan fingerprint density at radius 1 is 1.38 bits per heavy atom. The largest absolute Gasteiger partial charge is 0.314 e. The topological polar surface area (TPSA) is 29.3 Å². The maximum atomic E-state index is 4.73. The first kappa shape index (κ1) is 16.5. The van der Waals surface area contributed by atoms with Crippen LogP contribution in [0.25, 0.3) is 4.96 Å². The van der Waals surface area contributed by atoms with Gasteiger partial charge in [0.2, 0.25) is 0 Å². The fourth-order valence-corrected chi connectivity index (χ4v) is 3.21. The van der Waals surface area contributed by atoms with Gasteiger partial charge in [0.05, 0.1) is 5.69 Å². The average molecular weight is 308 g/mol. The molecule has 0 bridgehead atoms. The van der Waals surface area contributed by atoms with Crippen molar-refractivity contribution in [1.29, 1.82) is 0 Å². The lowest BCUT2D eigenvalue weighted by Gasteiger charge is -2.31. The van der Waals surface area contributed by atoms with Crippen molar-refractivity contribution in [1.82, 2.24) is 14.7 Å². The van der Waals surface area contributed by atoms with Crippen LogP contribution in [0.4, 0.5) is 0 Å². The highest BCUT2D eigenvalue weighted by Crippen LogP contribution is 2.29. The predicted octanol–water partition coefficient (Wildman–Crippen LogP) is 4.38. The highest BCUT2D eigenvalue weighted by atomic mass is 32.1. The van der Waals surface area contributed by atoms with E-state index in [-0.39, 0.29) is 0 Å². The van der Waals surface area contributed by atoms with Gasteiger partial charge >= 0.3 is 0 Å². The van der Waals surface area contributed by atoms with Gasteiger partial charge in [-0.25, -0.2) is 4.98 Å². The molecule has 0 amide bonds. The van der Waals surface area contributed by atoms with Crippen LogP contribution in [0, 0.1) is 11.3 Å². The average Bonchev–Trinajstić information content (AvgIpc) is 2.95. The van der Waals surface area contributed by atoms with Crippen molar-refractivity contribution in [3.8, 4) is 0 Å². The SMILES string of the molecule is CCCNC(Cc1cn2ccsc2n1)CC(C)C(C)(C)C. The number of rotatable bonds is 7. The molecule has 4 heteroatoms. The van der Waals surface area contributed by atoms with Crippen LogP contribution >= 0.6 is 11.3 Å². The first-order chi connectivity index (χ1) is 9.90. The highest BCUT2D eigenvalue weighted by molar-refractivity contribution is 7.15. The molecule has 0 saturated carbocycles. The zero-order chi connectivity index (χ0) is 15.5. The Balaban J connectivity index is 2.03. The summed E-state index contributed by atoms with van der Waals surface area (Å²) in [5.41, 5.74) is 1.57. The number of imidazole rings is 1. The molecule has 2 rings (SSSR count). The van der Waals surface area contributed by atoms with Gasteiger partial charge in [-0.2, -0.15) is 0 Å². The summed E-state index contributed by atoms with van der Waals surface area (Å²) in [5.74, 6) is 0.690. The van der Waals surface area contributed by atoms with Gasteiger partial charge in [0.25, 0.3) is 0 Å². The third-order valence-corrected chi connectivity index (χ3v) is 5.17. The lowest BCUT2D eigenvalue weighted by molar-refractivity contribution is 0.221. The third-order valence-electron chi connectivity index (χ3n) is 4.40. The molecule has 118 valence electrons. The molecule has 0 radical (unpaired) electrons. The summed E-state index contributed by atoms with van der Waals surface area (Å²) < 4.78 is 2.13. The molecule has 1 N–H and O–H groups in total. The fourth-order valence-electron chi connectivity index (χ4n) is 2.49. The molecule has 0 spiro atoms. The van der Waals surface area contributed by atoms with Crippen LogP contribution in [-0.4, -0.2) is 22.0 Å². The molecule has 0 aliphatic rings. The van der Waals surface area contributed by atoms with Gasteiger partial charge in [-0.15, -0.1) is 11.3 Å². The minimum atomic E-state index is 0.362. The standard InChI is InChI=1S/C17H29N3S/c1-6-7-18-14(10-13(2)17(3,4)5)11-15-12-20-8-9-21-16(20)19-15/h8-9,12-14,18H,6-7,10-11H2,1-5H3. The number of hydrogen-bond donors (Lipinski definition) is 1. The Morgan fingerprint density at radius 2 is 2.14 bits per heavy atom. The predicted molar refractivity (Wildman–Crippen MR) is 92.1 cm³/mol. The Kier molecular flexibility index (Phi) is 5.44. The van der Waals surface area contributed by atoms with Crippen LogP contribution in [0.5, 0.6) is 0 Å². The molecule has 0 aliphatic carbocycles. The summed E-state index contributed by atoms with van der Waals surface area (Å²) in [7, 11) is 0. The van der Waals surface area contributed by atoms with Gasteiger partial charge in [0.1, 0.15) is 0 Å². The van der Waals surface area contributed by atoms with E-state index in [0.29, 0.717) is 17.4 Å². The lowest BCUT2D eigenvalue weighted by atomic mass is 9.78. The highest BCUT2D eigenvalue weighted by Gasteiger charge is 2.24. The molecule has 0 saturated heterocycles. The molecule has 0 fully saturated rings. The van der Waals surface area contributed by atoms with E-state index >= 15 is 0 Å². The van der Waals surface area contributed by atoms with Crippen LogP contribution in [0.2, 0.25) is 0 Å². The summed E-state index contributed by atoms with van der Waals surface area (Å²) >= 11 is 1.70. The lowest BCUT2D eigenvalue weighted by Crippen LogP contribution is -2.36. The Labute approximate surface area is 132 Å². The quantitative estimate of drug-likeness (QED) is 0.822. The van der Waals surface area contributed by atoms with Gasteiger partial charge in [-0.3, -0.25) is 4.40 Å². The molecule has 0 aromatic carbocycles. The maximum absolute atomic E-state index is 4.73. The van der Waals surface area contributed by atoms with Crippen LogP contribution in [0.3, 0.4) is 0 Å². The van der Waals surface area contributed by atoms with Crippen molar-refractivity contribution >= 4 is 16.3 Å². The van der Waals surface area contributed by atoms with Crippen molar-refractivity contribution in [2.75, 3.05) is 6.54 Å². The Morgan fingerprint density at radius 3 is 2.76 bits per heavy atom.